The summed E-state index contributed by atoms with van der Waals surface area (Å²) in [5.74, 6) is 0. The van der Waals surface area contributed by atoms with Gasteiger partial charge in [-0.3, -0.25) is 0 Å². The first-order valence-corrected chi connectivity index (χ1v) is 5.52. The van der Waals surface area contributed by atoms with E-state index in [1.807, 2.05) is 39.1 Å². The fourth-order valence-electron chi connectivity index (χ4n) is 0.923. The molecule has 3 heteroatoms. The summed E-state index contributed by atoms with van der Waals surface area (Å²) >= 11 is 3.36. The van der Waals surface area contributed by atoms with Gasteiger partial charge in [-0.05, 0) is 17.7 Å². The summed E-state index contributed by atoms with van der Waals surface area (Å²) in [7, 11) is 1.86. The third kappa shape index (κ3) is 3.68. The van der Waals surface area contributed by atoms with Crippen molar-refractivity contribution in [1.29, 1.82) is 0 Å². The Labute approximate surface area is 88.7 Å². The van der Waals surface area contributed by atoms with Gasteiger partial charge in [0.1, 0.15) is 0 Å². The van der Waals surface area contributed by atoms with Crippen LogP contribution in [-0.2, 0) is 5.33 Å². The molecular formula is C10H17BrN2. The lowest BCUT2D eigenvalue weighted by molar-refractivity contribution is 1.41. The Kier molecular flexibility index (Phi) is 6.41. The topological polar surface area (TPSA) is 38.0 Å². The molecule has 2 nitrogen and oxygen atoms in total. The summed E-state index contributed by atoms with van der Waals surface area (Å²) < 4.78 is 0. The first kappa shape index (κ1) is 12.3. The fourth-order valence-corrected chi connectivity index (χ4v) is 1.27. The molecule has 0 fully saturated rings. The first-order valence-electron chi connectivity index (χ1n) is 4.40. The van der Waals surface area contributed by atoms with Gasteiger partial charge in [0.05, 0.1) is 11.4 Å². The Morgan fingerprint density at radius 1 is 1.38 bits per heavy atom. The van der Waals surface area contributed by atoms with Gasteiger partial charge >= 0.3 is 0 Å². The average molecular weight is 245 g/mol. The normalized spacial score (nSPS) is 8.62. The molecule has 0 aliphatic heterocycles. The van der Waals surface area contributed by atoms with Crippen LogP contribution in [0.25, 0.3) is 0 Å². The zero-order valence-corrected chi connectivity index (χ0v) is 9.98. The van der Waals surface area contributed by atoms with Crippen LogP contribution in [0.2, 0.25) is 0 Å². The molecule has 0 unspecified atom stereocenters. The number of hydrogen-bond donors (Lipinski definition) is 2. The Balaban J connectivity index is 0.000000671. The van der Waals surface area contributed by atoms with Gasteiger partial charge in [0.2, 0.25) is 0 Å². The van der Waals surface area contributed by atoms with Crippen LogP contribution in [0.15, 0.2) is 18.2 Å². The lowest BCUT2D eigenvalue weighted by atomic mass is 10.2. The Morgan fingerprint density at radius 3 is 2.38 bits per heavy atom. The third-order valence-corrected chi connectivity index (χ3v) is 2.19. The van der Waals surface area contributed by atoms with E-state index in [1.54, 1.807) is 0 Å². The summed E-state index contributed by atoms with van der Waals surface area (Å²) in [6.45, 7) is 4.00. The second-order valence-electron chi connectivity index (χ2n) is 2.31. The van der Waals surface area contributed by atoms with Crippen LogP contribution in [0.3, 0.4) is 0 Å². The number of hydrogen-bond acceptors (Lipinski definition) is 2. The van der Waals surface area contributed by atoms with Crippen LogP contribution in [-0.4, -0.2) is 7.05 Å². The van der Waals surface area contributed by atoms with Crippen LogP contribution in [0.5, 0.6) is 0 Å². The highest BCUT2D eigenvalue weighted by molar-refractivity contribution is 9.08. The summed E-state index contributed by atoms with van der Waals surface area (Å²) in [5, 5.41) is 3.85. The first-order chi connectivity index (χ1) is 6.27. The number of nitrogen functional groups attached to an aromatic ring is 1. The summed E-state index contributed by atoms with van der Waals surface area (Å²) in [4.78, 5) is 0. The molecule has 0 atom stereocenters. The predicted octanol–water partition coefficient (Wildman–Crippen LogP) is 3.23. The monoisotopic (exact) mass is 244 g/mol. The summed E-state index contributed by atoms with van der Waals surface area (Å²) in [6.07, 6.45) is 0. The molecule has 1 rings (SSSR count). The van der Waals surface area contributed by atoms with E-state index in [1.165, 1.54) is 5.56 Å². The minimum absolute atomic E-state index is 0.796. The molecule has 0 aromatic heterocycles. The Bertz CT molecular complexity index is 249. The second kappa shape index (κ2) is 6.78. The Hall–Kier alpha value is -0.700. The van der Waals surface area contributed by atoms with Crippen LogP contribution >= 0.6 is 15.9 Å². The Morgan fingerprint density at radius 2 is 2.00 bits per heavy atom. The SMILES string of the molecule is CC.CNc1ccc(CBr)cc1N. The molecule has 0 heterocycles. The van der Waals surface area contributed by atoms with Crippen molar-refractivity contribution in [3.8, 4) is 0 Å². The van der Waals surface area contributed by atoms with Gasteiger partial charge < -0.3 is 11.1 Å². The molecule has 3 N–H and O–H groups in total. The van der Waals surface area contributed by atoms with Crippen LogP contribution < -0.4 is 11.1 Å². The van der Waals surface area contributed by atoms with E-state index >= 15 is 0 Å². The maximum atomic E-state index is 5.72. The molecule has 0 bridgehead atoms. The molecule has 1 aromatic rings. The highest BCUT2D eigenvalue weighted by atomic mass is 79.9. The maximum Gasteiger partial charge on any atom is 0.0571 e. The van der Waals surface area contributed by atoms with E-state index in [-0.39, 0.29) is 0 Å². The van der Waals surface area contributed by atoms with Crippen molar-refractivity contribution in [2.45, 2.75) is 19.2 Å². The van der Waals surface area contributed by atoms with Gasteiger partial charge in [-0.1, -0.05) is 35.8 Å². The van der Waals surface area contributed by atoms with E-state index < -0.39 is 0 Å². The molecule has 0 saturated carbocycles. The van der Waals surface area contributed by atoms with Crippen molar-refractivity contribution in [2.24, 2.45) is 0 Å². The number of benzene rings is 1. The smallest absolute Gasteiger partial charge is 0.0571 e. The molecule has 13 heavy (non-hydrogen) atoms. The lowest BCUT2D eigenvalue weighted by Gasteiger charge is -2.05. The van der Waals surface area contributed by atoms with Crippen molar-refractivity contribution in [3.63, 3.8) is 0 Å². The van der Waals surface area contributed by atoms with Crippen LogP contribution in [0.4, 0.5) is 11.4 Å². The standard InChI is InChI=1S/C8H11BrN2.C2H6/c1-11-8-3-2-6(5-9)4-7(8)10;1-2/h2-4,11H,5,10H2,1H3;1-2H3. The quantitative estimate of drug-likeness (QED) is 0.620. The zero-order chi connectivity index (χ0) is 10.3. The van der Waals surface area contributed by atoms with Crippen molar-refractivity contribution in [2.75, 3.05) is 18.1 Å². The third-order valence-electron chi connectivity index (χ3n) is 1.54. The molecule has 0 saturated heterocycles. The van der Waals surface area contributed by atoms with Crippen molar-refractivity contribution < 1.29 is 0 Å². The molecule has 0 aliphatic carbocycles. The van der Waals surface area contributed by atoms with E-state index in [2.05, 4.69) is 21.2 Å². The minimum atomic E-state index is 0.796. The van der Waals surface area contributed by atoms with Gasteiger partial charge in [0.25, 0.3) is 0 Å². The second-order valence-corrected chi connectivity index (χ2v) is 2.87. The molecule has 0 spiro atoms. The molecule has 0 amide bonds. The van der Waals surface area contributed by atoms with Gasteiger partial charge in [-0.25, -0.2) is 0 Å². The summed E-state index contributed by atoms with van der Waals surface area (Å²) in [6, 6.07) is 5.98. The van der Waals surface area contributed by atoms with E-state index in [4.69, 9.17) is 5.73 Å². The van der Waals surface area contributed by atoms with Gasteiger partial charge in [0.15, 0.2) is 0 Å². The highest BCUT2D eigenvalue weighted by Crippen LogP contribution is 2.20. The molecule has 1 aromatic carbocycles. The summed E-state index contributed by atoms with van der Waals surface area (Å²) in [5.41, 5.74) is 8.70. The van der Waals surface area contributed by atoms with Crippen molar-refractivity contribution in [1.82, 2.24) is 0 Å². The number of nitrogens with two attached hydrogens (primary N) is 1. The van der Waals surface area contributed by atoms with Crippen LogP contribution in [0, 0.1) is 0 Å². The number of anilines is 2. The number of halogens is 1. The van der Waals surface area contributed by atoms with Gasteiger partial charge in [0, 0.05) is 12.4 Å². The fraction of sp³-hybridized carbons (Fsp3) is 0.400. The van der Waals surface area contributed by atoms with E-state index in [0.717, 1.165) is 16.7 Å². The number of nitrogens with one attached hydrogen (secondary N) is 1. The van der Waals surface area contributed by atoms with Crippen molar-refractivity contribution >= 4 is 27.3 Å². The minimum Gasteiger partial charge on any atom is -0.397 e. The molecular weight excluding hydrogens is 228 g/mol. The predicted molar refractivity (Wildman–Crippen MR) is 64.4 cm³/mol. The zero-order valence-electron chi connectivity index (χ0n) is 8.39. The molecule has 0 aliphatic rings. The lowest BCUT2D eigenvalue weighted by Crippen LogP contribution is -1.95. The maximum absolute atomic E-state index is 5.72. The number of rotatable bonds is 2. The number of alkyl halides is 1. The average Bonchev–Trinajstić information content (AvgIpc) is 2.20. The van der Waals surface area contributed by atoms with E-state index in [9.17, 15) is 0 Å². The highest BCUT2D eigenvalue weighted by Gasteiger charge is 1.96. The molecule has 0 radical (unpaired) electrons. The van der Waals surface area contributed by atoms with Crippen LogP contribution in [0.1, 0.15) is 19.4 Å². The van der Waals surface area contributed by atoms with Gasteiger partial charge in [-0.2, -0.15) is 0 Å². The molecule has 74 valence electrons. The largest absolute Gasteiger partial charge is 0.397 e. The van der Waals surface area contributed by atoms with E-state index in [0.29, 0.717) is 0 Å². The van der Waals surface area contributed by atoms with Crippen molar-refractivity contribution in [3.05, 3.63) is 23.8 Å². The van der Waals surface area contributed by atoms with Gasteiger partial charge in [-0.15, -0.1) is 0 Å².